The summed E-state index contributed by atoms with van der Waals surface area (Å²) in [5.41, 5.74) is 1.72. The van der Waals surface area contributed by atoms with Crippen molar-refractivity contribution in [3.05, 3.63) is 118 Å². The van der Waals surface area contributed by atoms with Gasteiger partial charge < -0.3 is 20.7 Å². The molecule has 10 heteroatoms. The van der Waals surface area contributed by atoms with Crippen molar-refractivity contribution >= 4 is 64.2 Å². The van der Waals surface area contributed by atoms with E-state index in [1.165, 1.54) is 30.2 Å². The van der Waals surface area contributed by atoms with Gasteiger partial charge in [-0.3, -0.25) is 14.4 Å². The lowest BCUT2D eigenvalue weighted by molar-refractivity contribution is -0.114. The maximum atomic E-state index is 13.1. The van der Waals surface area contributed by atoms with E-state index >= 15 is 0 Å². The molecule has 4 rings (SSSR count). The third-order valence-electron chi connectivity index (χ3n) is 5.45. The standard InChI is InChI=1S/C30H25N3O5S2/c1-38-30(37)24-11-5-6-12-25(24)32-27(34)19-40-22-15-13-21(14-16-22)31-29(36)26(18-23-10-7-17-39-23)33-28(35)20-8-3-2-4-9-20/h2-18H,19H2,1H3,(H,31,36)(H,32,34)(H,33,35)/b26-18-. The van der Waals surface area contributed by atoms with Crippen LogP contribution >= 0.6 is 23.1 Å². The van der Waals surface area contributed by atoms with Gasteiger partial charge in [-0.05, 0) is 66.1 Å². The topological polar surface area (TPSA) is 114 Å². The van der Waals surface area contributed by atoms with Crippen LogP contribution in [0.2, 0.25) is 0 Å². The number of hydrogen-bond acceptors (Lipinski definition) is 7. The molecule has 0 aliphatic rings. The van der Waals surface area contributed by atoms with Crippen LogP contribution in [0, 0.1) is 0 Å². The van der Waals surface area contributed by atoms with Crippen molar-refractivity contribution < 1.29 is 23.9 Å². The molecule has 3 N–H and O–H groups in total. The van der Waals surface area contributed by atoms with Crippen molar-refractivity contribution in [2.45, 2.75) is 4.90 Å². The number of carbonyl (C=O) groups is 4. The Kier molecular flexibility index (Phi) is 9.87. The number of esters is 1. The summed E-state index contributed by atoms with van der Waals surface area (Å²) in [5, 5.41) is 10.1. The van der Waals surface area contributed by atoms with Gasteiger partial charge in [-0.25, -0.2) is 4.79 Å². The third kappa shape index (κ3) is 7.92. The second-order valence-electron chi connectivity index (χ2n) is 8.25. The van der Waals surface area contributed by atoms with Gasteiger partial charge in [-0.15, -0.1) is 23.1 Å². The highest BCUT2D eigenvalue weighted by atomic mass is 32.2. The molecule has 0 fully saturated rings. The Balaban J connectivity index is 1.36. The molecule has 0 bridgehead atoms. The lowest BCUT2D eigenvalue weighted by atomic mass is 10.2. The molecule has 0 spiro atoms. The first-order valence-corrected chi connectivity index (χ1v) is 13.9. The Hall–Kier alpha value is -4.67. The Morgan fingerprint density at radius 2 is 1.57 bits per heavy atom. The maximum absolute atomic E-state index is 13.1. The molecule has 202 valence electrons. The van der Waals surface area contributed by atoms with E-state index in [2.05, 4.69) is 16.0 Å². The predicted molar refractivity (Wildman–Crippen MR) is 158 cm³/mol. The number of nitrogens with one attached hydrogen (secondary N) is 3. The van der Waals surface area contributed by atoms with Crippen LogP contribution in [0.25, 0.3) is 6.08 Å². The van der Waals surface area contributed by atoms with Crippen LogP contribution in [-0.2, 0) is 14.3 Å². The first-order chi connectivity index (χ1) is 19.4. The second-order valence-corrected chi connectivity index (χ2v) is 10.3. The smallest absolute Gasteiger partial charge is 0.339 e. The average Bonchev–Trinajstić information content (AvgIpc) is 3.50. The van der Waals surface area contributed by atoms with E-state index in [1.54, 1.807) is 78.9 Å². The van der Waals surface area contributed by atoms with Gasteiger partial charge in [0, 0.05) is 21.0 Å². The SMILES string of the molecule is COC(=O)c1ccccc1NC(=O)CSc1ccc(NC(=O)/C(=C/c2cccs2)NC(=O)c2ccccc2)cc1. The molecule has 0 atom stereocenters. The number of ether oxygens (including phenoxy) is 1. The van der Waals surface area contributed by atoms with Crippen molar-refractivity contribution in [1.82, 2.24) is 5.32 Å². The largest absolute Gasteiger partial charge is 0.465 e. The molecule has 1 heterocycles. The van der Waals surface area contributed by atoms with Crippen LogP contribution in [0.1, 0.15) is 25.6 Å². The van der Waals surface area contributed by atoms with Crippen molar-refractivity contribution in [1.29, 1.82) is 0 Å². The predicted octanol–water partition coefficient (Wildman–Crippen LogP) is 5.68. The number of rotatable bonds is 10. The fourth-order valence-electron chi connectivity index (χ4n) is 3.51. The quantitative estimate of drug-likeness (QED) is 0.128. The molecule has 3 aromatic carbocycles. The van der Waals surface area contributed by atoms with Crippen LogP contribution in [0.4, 0.5) is 11.4 Å². The molecule has 8 nitrogen and oxygen atoms in total. The molecule has 1 aromatic heterocycles. The molecule has 4 aromatic rings. The summed E-state index contributed by atoms with van der Waals surface area (Å²) in [4.78, 5) is 51.8. The van der Waals surface area contributed by atoms with Crippen molar-refractivity contribution in [3.63, 3.8) is 0 Å². The molecule has 0 unspecified atom stereocenters. The number of carbonyl (C=O) groups excluding carboxylic acids is 4. The molecule has 0 saturated heterocycles. The Labute approximate surface area is 239 Å². The highest BCUT2D eigenvalue weighted by Gasteiger charge is 2.16. The van der Waals surface area contributed by atoms with Crippen LogP contribution in [-0.4, -0.2) is 36.6 Å². The van der Waals surface area contributed by atoms with Crippen LogP contribution in [0.5, 0.6) is 0 Å². The summed E-state index contributed by atoms with van der Waals surface area (Å²) in [5.74, 6) is -1.56. The minimum absolute atomic E-state index is 0.110. The van der Waals surface area contributed by atoms with Crippen LogP contribution in [0.15, 0.2) is 107 Å². The lowest BCUT2D eigenvalue weighted by Gasteiger charge is -2.12. The number of anilines is 2. The summed E-state index contributed by atoms with van der Waals surface area (Å²) >= 11 is 2.75. The van der Waals surface area contributed by atoms with Crippen molar-refractivity contribution in [2.75, 3.05) is 23.5 Å². The number of amides is 3. The van der Waals surface area contributed by atoms with E-state index in [0.717, 1.165) is 9.77 Å². The zero-order valence-electron chi connectivity index (χ0n) is 21.4. The second kappa shape index (κ2) is 13.9. The van der Waals surface area contributed by atoms with Gasteiger partial charge in [0.2, 0.25) is 5.91 Å². The van der Waals surface area contributed by atoms with E-state index in [1.807, 2.05) is 23.6 Å². The van der Waals surface area contributed by atoms with E-state index in [0.29, 0.717) is 16.9 Å². The fourth-order valence-corrected chi connectivity index (χ4v) is 4.86. The highest BCUT2D eigenvalue weighted by molar-refractivity contribution is 8.00. The third-order valence-corrected chi connectivity index (χ3v) is 7.28. The average molecular weight is 572 g/mol. The molecular formula is C30H25N3O5S2. The summed E-state index contributed by atoms with van der Waals surface area (Å²) in [7, 11) is 1.28. The molecule has 3 amide bonds. The first kappa shape index (κ1) is 28.3. The van der Waals surface area contributed by atoms with Crippen LogP contribution < -0.4 is 16.0 Å². The maximum Gasteiger partial charge on any atom is 0.339 e. The van der Waals surface area contributed by atoms with Crippen molar-refractivity contribution in [3.8, 4) is 0 Å². The lowest BCUT2D eigenvalue weighted by Crippen LogP contribution is -2.30. The number of benzene rings is 3. The fraction of sp³-hybridized carbons (Fsp3) is 0.0667. The molecule has 0 radical (unpaired) electrons. The van der Waals surface area contributed by atoms with Crippen LogP contribution in [0.3, 0.4) is 0 Å². The number of methoxy groups -OCH3 is 1. The minimum Gasteiger partial charge on any atom is -0.465 e. The highest BCUT2D eigenvalue weighted by Crippen LogP contribution is 2.22. The first-order valence-electron chi connectivity index (χ1n) is 12.1. The summed E-state index contributed by atoms with van der Waals surface area (Å²) < 4.78 is 4.76. The Bertz CT molecular complexity index is 1520. The van der Waals surface area contributed by atoms with Crippen molar-refractivity contribution in [2.24, 2.45) is 0 Å². The number of para-hydroxylation sites is 1. The van der Waals surface area contributed by atoms with E-state index < -0.39 is 17.8 Å². The number of thioether (sulfide) groups is 1. The normalized spacial score (nSPS) is 10.9. The van der Waals surface area contributed by atoms with Gasteiger partial charge >= 0.3 is 5.97 Å². The molecular weight excluding hydrogens is 546 g/mol. The summed E-state index contributed by atoms with van der Waals surface area (Å²) in [6.45, 7) is 0. The van der Waals surface area contributed by atoms with Gasteiger partial charge in [-0.2, -0.15) is 0 Å². The van der Waals surface area contributed by atoms with Gasteiger partial charge in [-0.1, -0.05) is 36.4 Å². The van der Waals surface area contributed by atoms with E-state index in [-0.39, 0.29) is 22.9 Å². The van der Waals surface area contributed by atoms with E-state index in [9.17, 15) is 19.2 Å². The Morgan fingerprint density at radius 3 is 2.27 bits per heavy atom. The number of hydrogen-bond donors (Lipinski definition) is 3. The minimum atomic E-state index is -0.533. The molecule has 0 aliphatic carbocycles. The van der Waals surface area contributed by atoms with Gasteiger partial charge in [0.25, 0.3) is 11.8 Å². The Morgan fingerprint density at radius 1 is 0.850 bits per heavy atom. The molecule has 0 saturated carbocycles. The van der Waals surface area contributed by atoms with Gasteiger partial charge in [0.1, 0.15) is 5.70 Å². The van der Waals surface area contributed by atoms with E-state index in [4.69, 9.17) is 4.74 Å². The zero-order chi connectivity index (χ0) is 28.3. The number of thiophene rings is 1. The monoisotopic (exact) mass is 571 g/mol. The van der Waals surface area contributed by atoms with Gasteiger partial charge in [0.05, 0.1) is 24.1 Å². The molecule has 0 aliphatic heterocycles. The van der Waals surface area contributed by atoms with Gasteiger partial charge in [0.15, 0.2) is 0 Å². The summed E-state index contributed by atoms with van der Waals surface area (Å²) in [6, 6.07) is 26.0. The molecule has 40 heavy (non-hydrogen) atoms. The summed E-state index contributed by atoms with van der Waals surface area (Å²) in [6.07, 6.45) is 1.63. The zero-order valence-corrected chi connectivity index (χ0v) is 23.0.